The van der Waals surface area contributed by atoms with Crippen molar-refractivity contribution in [3.05, 3.63) is 53.6 Å². The molecule has 0 aliphatic heterocycles. The molecule has 0 unspecified atom stereocenters. The molecule has 2 rings (SSSR count). The van der Waals surface area contributed by atoms with E-state index in [4.69, 9.17) is 22.1 Å². The second-order valence-corrected chi connectivity index (χ2v) is 5.72. The number of hydrogen-bond donors (Lipinski definition) is 1. The van der Waals surface area contributed by atoms with Crippen LogP contribution in [0.5, 0.6) is 5.75 Å². The number of halogens is 1. The van der Waals surface area contributed by atoms with Crippen molar-refractivity contribution in [1.82, 2.24) is 0 Å². The molecule has 104 valence electrons. The van der Waals surface area contributed by atoms with Gasteiger partial charge in [0.2, 0.25) is 5.12 Å². The fourth-order valence-electron chi connectivity index (χ4n) is 1.54. The summed E-state index contributed by atoms with van der Waals surface area (Å²) in [5.41, 5.74) is 6.27. The van der Waals surface area contributed by atoms with Crippen molar-refractivity contribution in [2.75, 3.05) is 5.73 Å². The van der Waals surface area contributed by atoms with Crippen LogP contribution in [0.2, 0.25) is 5.02 Å². The molecule has 0 radical (unpaired) electrons. The second-order valence-electron chi connectivity index (χ2n) is 4.21. The van der Waals surface area contributed by atoms with Crippen LogP contribution < -0.4 is 10.5 Å². The van der Waals surface area contributed by atoms with Gasteiger partial charge in [-0.2, -0.15) is 0 Å². The summed E-state index contributed by atoms with van der Waals surface area (Å²) in [6, 6.07) is 14.1. The topological polar surface area (TPSA) is 52.3 Å². The van der Waals surface area contributed by atoms with Crippen LogP contribution >= 0.6 is 23.4 Å². The lowest BCUT2D eigenvalue weighted by atomic mass is 10.3. The van der Waals surface area contributed by atoms with Crippen molar-refractivity contribution in [1.29, 1.82) is 0 Å². The van der Waals surface area contributed by atoms with Crippen LogP contribution in [0.1, 0.15) is 6.92 Å². The molecule has 5 heteroatoms. The Morgan fingerprint density at radius 2 is 1.95 bits per heavy atom. The second kappa shape index (κ2) is 6.68. The molecule has 3 nitrogen and oxygen atoms in total. The Bertz CT molecular complexity index is 601. The molecule has 1 atom stereocenters. The number of thioether (sulfide) groups is 1. The molecule has 2 N–H and O–H groups in total. The van der Waals surface area contributed by atoms with E-state index in [0.717, 1.165) is 16.7 Å². The van der Waals surface area contributed by atoms with Crippen LogP contribution in [-0.4, -0.2) is 11.2 Å². The molecular weight excluding hydrogens is 294 g/mol. The predicted molar refractivity (Wildman–Crippen MR) is 83.3 cm³/mol. The minimum atomic E-state index is -0.558. The van der Waals surface area contributed by atoms with Crippen molar-refractivity contribution in [2.24, 2.45) is 0 Å². The molecule has 0 bridgehead atoms. The molecule has 20 heavy (non-hydrogen) atoms. The SMILES string of the molecule is C[C@@H](Oc1cccc(N)c1)C(=O)Sc1ccc(Cl)cc1. The Hall–Kier alpha value is -1.65. The lowest BCUT2D eigenvalue weighted by Gasteiger charge is -2.13. The number of ether oxygens (including phenoxy) is 1. The van der Waals surface area contributed by atoms with E-state index in [1.807, 2.05) is 0 Å². The van der Waals surface area contributed by atoms with E-state index in [1.165, 1.54) is 0 Å². The Morgan fingerprint density at radius 3 is 2.60 bits per heavy atom. The molecule has 2 aromatic carbocycles. The van der Waals surface area contributed by atoms with Crippen molar-refractivity contribution in [3.63, 3.8) is 0 Å². The van der Waals surface area contributed by atoms with Crippen LogP contribution in [0.4, 0.5) is 5.69 Å². The van der Waals surface area contributed by atoms with Gasteiger partial charge in [-0.25, -0.2) is 0 Å². The highest BCUT2D eigenvalue weighted by atomic mass is 35.5. The third-order valence-corrected chi connectivity index (χ3v) is 3.83. The number of benzene rings is 2. The quantitative estimate of drug-likeness (QED) is 0.685. The first-order valence-electron chi connectivity index (χ1n) is 6.04. The summed E-state index contributed by atoms with van der Waals surface area (Å²) in [5, 5.41) is 0.570. The number of nitrogen functional groups attached to an aromatic ring is 1. The molecule has 0 spiro atoms. The van der Waals surface area contributed by atoms with Gasteiger partial charge in [0, 0.05) is 21.7 Å². The predicted octanol–water partition coefficient (Wildman–Crippen LogP) is 4.01. The highest BCUT2D eigenvalue weighted by molar-refractivity contribution is 8.13. The average molecular weight is 308 g/mol. The number of hydrogen-bond acceptors (Lipinski definition) is 4. The Labute approximate surface area is 127 Å². The number of carbonyl (C=O) groups excluding carboxylic acids is 1. The summed E-state index contributed by atoms with van der Waals surface area (Å²) in [6.45, 7) is 1.72. The summed E-state index contributed by atoms with van der Waals surface area (Å²) in [4.78, 5) is 12.9. The van der Waals surface area contributed by atoms with Crippen molar-refractivity contribution in [2.45, 2.75) is 17.9 Å². The fraction of sp³-hybridized carbons (Fsp3) is 0.133. The molecule has 0 aromatic heterocycles. The maximum atomic E-state index is 12.1. The van der Waals surface area contributed by atoms with E-state index in [2.05, 4.69) is 0 Å². The summed E-state index contributed by atoms with van der Waals surface area (Å²) >= 11 is 6.93. The Kier molecular flexibility index (Phi) is 4.93. The highest BCUT2D eigenvalue weighted by Crippen LogP contribution is 2.24. The lowest BCUT2D eigenvalue weighted by molar-refractivity contribution is -0.116. The first-order chi connectivity index (χ1) is 9.54. The Morgan fingerprint density at radius 1 is 1.25 bits per heavy atom. The van der Waals surface area contributed by atoms with Crippen LogP contribution in [-0.2, 0) is 4.79 Å². The lowest BCUT2D eigenvalue weighted by Crippen LogP contribution is -2.20. The molecular formula is C15H14ClNO2S. The number of nitrogens with two attached hydrogens (primary N) is 1. The van der Waals surface area contributed by atoms with E-state index >= 15 is 0 Å². The van der Waals surface area contributed by atoms with E-state index in [-0.39, 0.29) is 5.12 Å². The van der Waals surface area contributed by atoms with Gasteiger partial charge >= 0.3 is 0 Å². The van der Waals surface area contributed by atoms with Gasteiger partial charge in [0.05, 0.1) is 0 Å². The van der Waals surface area contributed by atoms with Gasteiger partial charge in [-0.1, -0.05) is 17.7 Å². The van der Waals surface area contributed by atoms with Gasteiger partial charge in [0.15, 0.2) is 6.10 Å². The summed E-state index contributed by atoms with van der Waals surface area (Å²) in [6.07, 6.45) is -0.558. The zero-order chi connectivity index (χ0) is 14.5. The molecule has 0 heterocycles. The van der Waals surface area contributed by atoms with Gasteiger partial charge in [0.1, 0.15) is 5.75 Å². The maximum Gasteiger partial charge on any atom is 0.233 e. The highest BCUT2D eigenvalue weighted by Gasteiger charge is 2.16. The summed E-state index contributed by atoms with van der Waals surface area (Å²) in [7, 11) is 0. The van der Waals surface area contributed by atoms with E-state index < -0.39 is 6.10 Å². The zero-order valence-corrected chi connectivity index (χ0v) is 12.4. The molecule has 0 aliphatic carbocycles. The number of anilines is 1. The zero-order valence-electron chi connectivity index (χ0n) is 10.9. The summed E-state index contributed by atoms with van der Waals surface area (Å²) in [5.74, 6) is 0.586. The smallest absolute Gasteiger partial charge is 0.233 e. The van der Waals surface area contributed by atoms with Gasteiger partial charge in [-0.15, -0.1) is 0 Å². The number of carbonyl (C=O) groups is 1. The average Bonchev–Trinajstić information content (AvgIpc) is 2.41. The monoisotopic (exact) mass is 307 g/mol. The molecule has 0 saturated carbocycles. The van der Waals surface area contributed by atoms with Crippen molar-refractivity contribution < 1.29 is 9.53 Å². The minimum absolute atomic E-state index is 0.0743. The standard InChI is InChI=1S/C15H14ClNO2S/c1-10(19-13-4-2-3-12(17)9-13)15(18)20-14-7-5-11(16)6-8-14/h2-10H,17H2,1H3/t10-/m1/s1. The van der Waals surface area contributed by atoms with Crippen LogP contribution in [0.25, 0.3) is 0 Å². The number of rotatable bonds is 4. The fourth-order valence-corrected chi connectivity index (χ4v) is 2.39. The van der Waals surface area contributed by atoms with Crippen molar-refractivity contribution >= 4 is 34.2 Å². The largest absolute Gasteiger partial charge is 0.482 e. The maximum absolute atomic E-state index is 12.1. The van der Waals surface area contributed by atoms with E-state index in [1.54, 1.807) is 55.5 Å². The first-order valence-corrected chi connectivity index (χ1v) is 7.23. The third kappa shape index (κ3) is 4.18. The van der Waals surface area contributed by atoms with Gasteiger partial charge in [-0.3, -0.25) is 4.79 Å². The normalized spacial score (nSPS) is 11.9. The van der Waals surface area contributed by atoms with Gasteiger partial charge < -0.3 is 10.5 Å². The molecule has 0 saturated heterocycles. The third-order valence-electron chi connectivity index (χ3n) is 2.53. The van der Waals surface area contributed by atoms with Gasteiger partial charge in [0.25, 0.3) is 0 Å². The molecule has 2 aromatic rings. The minimum Gasteiger partial charge on any atom is -0.482 e. The van der Waals surface area contributed by atoms with Gasteiger partial charge in [-0.05, 0) is 55.1 Å². The molecule has 0 aliphatic rings. The van der Waals surface area contributed by atoms with Crippen molar-refractivity contribution in [3.8, 4) is 5.75 Å². The van der Waals surface area contributed by atoms with Crippen LogP contribution in [0.3, 0.4) is 0 Å². The Balaban J connectivity index is 1.96. The molecule has 0 fully saturated rings. The summed E-state index contributed by atoms with van der Waals surface area (Å²) < 4.78 is 5.58. The molecule has 0 amide bonds. The van der Waals surface area contributed by atoms with Crippen LogP contribution in [0.15, 0.2) is 53.4 Å². The first kappa shape index (κ1) is 14.8. The van der Waals surface area contributed by atoms with E-state index in [9.17, 15) is 4.79 Å². The van der Waals surface area contributed by atoms with Crippen LogP contribution in [0, 0.1) is 0 Å². The van der Waals surface area contributed by atoms with E-state index in [0.29, 0.717) is 16.5 Å².